The van der Waals surface area contributed by atoms with Gasteiger partial charge in [-0.1, -0.05) is 18.2 Å². The molecular weight excluding hydrogens is 218 g/mol. The number of nitrogens with one attached hydrogen (secondary N) is 1. The molecule has 0 saturated heterocycles. The van der Waals surface area contributed by atoms with Gasteiger partial charge in [0, 0.05) is 18.0 Å². The second kappa shape index (κ2) is 5.07. The molecule has 2 aromatic rings. The van der Waals surface area contributed by atoms with Gasteiger partial charge in [-0.05, 0) is 12.1 Å². The smallest absolute Gasteiger partial charge is 0.253 e. The SMILES string of the molecule is O=C(Cn1cnccc1=O)Nc1ccccc1. The van der Waals surface area contributed by atoms with E-state index in [2.05, 4.69) is 10.3 Å². The lowest BCUT2D eigenvalue weighted by atomic mass is 10.3. The van der Waals surface area contributed by atoms with Crippen LogP contribution in [0.25, 0.3) is 0 Å². The van der Waals surface area contributed by atoms with Crippen molar-refractivity contribution in [3.05, 3.63) is 59.3 Å². The summed E-state index contributed by atoms with van der Waals surface area (Å²) in [7, 11) is 0. The van der Waals surface area contributed by atoms with Crippen LogP contribution in [0.1, 0.15) is 0 Å². The van der Waals surface area contributed by atoms with E-state index in [0.29, 0.717) is 5.69 Å². The van der Waals surface area contributed by atoms with Crippen LogP contribution >= 0.6 is 0 Å². The summed E-state index contributed by atoms with van der Waals surface area (Å²) in [5, 5.41) is 2.69. The first-order valence-electron chi connectivity index (χ1n) is 5.11. The Morgan fingerprint density at radius 1 is 1.24 bits per heavy atom. The highest BCUT2D eigenvalue weighted by Crippen LogP contribution is 2.04. The van der Waals surface area contributed by atoms with E-state index >= 15 is 0 Å². The number of amides is 1. The molecule has 1 N–H and O–H groups in total. The van der Waals surface area contributed by atoms with E-state index in [9.17, 15) is 9.59 Å². The zero-order chi connectivity index (χ0) is 12.1. The van der Waals surface area contributed by atoms with Gasteiger partial charge in [0.15, 0.2) is 0 Å². The molecule has 86 valence electrons. The largest absolute Gasteiger partial charge is 0.325 e. The zero-order valence-corrected chi connectivity index (χ0v) is 9.04. The fourth-order valence-corrected chi connectivity index (χ4v) is 1.37. The molecule has 1 amide bonds. The van der Waals surface area contributed by atoms with E-state index in [1.165, 1.54) is 23.2 Å². The maximum Gasteiger partial charge on any atom is 0.253 e. The first-order valence-corrected chi connectivity index (χ1v) is 5.11. The highest BCUT2D eigenvalue weighted by atomic mass is 16.2. The van der Waals surface area contributed by atoms with Crippen molar-refractivity contribution >= 4 is 11.6 Å². The fraction of sp³-hybridized carbons (Fsp3) is 0.0833. The number of nitrogens with zero attached hydrogens (tertiary/aromatic N) is 2. The molecule has 17 heavy (non-hydrogen) atoms. The highest BCUT2D eigenvalue weighted by Gasteiger charge is 2.04. The van der Waals surface area contributed by atoms with Crippen LogP contribution in [0.5, 0.6) is 0 Å². The summed E-state index contributed by atoms with van der Waals surface area (Å²) in [5.41, 5.74) is 0.456. The van der Waals surface area contributed by atoms with Crippen LogP contribution in [0.15, 0.2) is 53.7 Å². The minimum atomic E-state index is -0.258. The molecule has 0 saturated carbocycles. The molecule has 2 rings (SSSR count). The predicted octanol–water partition coefficient (Wildman–Crippen LogP) is 0.882. The maximum absolute atomic E-state index is 11.6. The van der Waals surface area contributed by atoms with Crippen LogP contribution in [0, 0.1) is 0 Å². The topological polar surface area (TPSA) is 64.0 Å². The Bertz CT molecular complexity index is 563. The van der Waals surface area contributed by atoms with Gasteiger partial charge in [0.25, 0.3) is 5.56 Å². The van der Waals surface area contributed by atoms with Crippen LogP contribution in [-0.4, -0.2) is 15.5 Å². The summed E-state index contributed by atoms with van der Waals surface area (Å²) in [4.78, 5) is 26.8. The number of anilines is 1. The van der Waals surface area contributed by atoms with Gasteiger partial charge >= 0.3 is 0 Å². The predicted molar refractivity (Wildman–Crippen MR) is 63.6 cm³/mol. The molecule has 1 aromatic heterocycles. The Balaban J connectivity index is 2.04. The first-order chi connectivity index (χ1) is 8.25. The Hall–Kier alpha value is -2.43. The van der Waals surface area contributed by atoms with Crippen molar-refractivity contribution in [2.45, 2.75) is 6.54 Å². The number of benzene rings is 1. The number of carbonyl (C=O) groups excluding carboxylic acids is 1. The number of carbonyl (C=O) groups is 1. The molecule has 0 bridgehead atoms. The number of para-hydroxylation sites is 1. The van der Waals surface area contributed by atoms with Crippen molar-refractivity contribution in [3.63, 3.8) is 0 Å². The summed E-state index contributed by atoms with van der Waals surface area (Å²) in [6.07, 6.45) is 2.74. The van der Waals surface area contributed by atoms with Gasteiger partial charge in [-0.3, -0.25) is 14.2 Å². The van der Waals surface area contributed by atoms with Crippen LogP contribution < -0.4 is 10.9 Å². The van der Waals surface area contributed by atoms with E-state index in [-0.39, 0.29) is 18.0 Å². The van der Waals surface area contributed by atoms with Crippen molar-refractivity contribution in [3.8, 4) is 0 Å². The molecule has 0 spiro atoms. The van der Waals surface area contributed by atoms with Gasteiger partial charge in [0.2, 0.25) is 5.91 Å². The number of aromatic nitrogens is 2. The molecule has 5 nitrogen and oxygen atoms in total. The first kappa shape index (κ1) is 11.1. The third-order valence-corrected chi connectivity index (χ3v) is 2.16. The molecule has 1 heterocycles. The molecule has 0 radical (unpaired) electrons. The number of hydrogen-bond acceptors (Lipinski definition) is 3. The van der Waals surface area contributed by atoms with Crippen molar-refractivity contribution in [1.29, 1.82) is 0 Å². The van der Waals surface area contributed by atoms with Crippen LogP contribution in [0.2, 0.25) is 0 Å². The number of hydrogen-bond donors (Lipinski definition) is 1. The van der Waals surface area contributed by atoms with E-state index in [0.717, 1.165) is 0 Å². The third-order valence-electron chi connectivity index (χ3n) is 2.16. The van der Waals surface area contributed by atoms with E-state index < -0.39 is 0 Å². The third kappa shape index (κ3) is 3.01. The Labute approximate surface area is 97.7 Å². The molecular formula is C12H11N3O2. The molecule has 0 aliphatic heterocycles. The second-order valence-corrected chi connectivity index (χ2v) is 3.46. The lowest BCUT2D eigenvalue weighted by molar-refractivity contribution is -0.116. The van der Waals surface area contributed by atoms with Crippen LogP contribution in [0.4, 0.5) is 5.69 Å². The van der Waals surface area contributed by atoms with Crippen molar-refractivity contribution in [1.82, 2.24) is 9.55 Å². The van der Waals surface area contributed by atoms with Crippen LogP contribution in [0.3, 0.4) is 0 Å². The van der Waals surface area contributed by atoms with E-state index in [1.54, 1.807) is 12.1 Å². The van der Waals surface area contributed by atoms with Crippen molar-refractivity contribution < 1.29 is 4.79 Å². The van der Waals surface area contributed by atoms with Gasteiger partial charge < -0.3 is 5.32 Å². The monoisotopic (exact) mass is 229 g/mol. The summed E-state index contributed by atoms with van der Waals surface area (Å²) in [6.45, 7) is -0.0401. The van der Waals surface area contributed by atoms with Gasteiger partial charge in [-0.15, -0.1) is 0 Å². The normalized spacial score (nSPS) is 9.88. The van der Waals surface area contributed by atoms with Gasteiger partial charge in [0.1, 0.15) is 6.54 Å². The molecule has 5 heteroatoms. The molecule has 0 unspecified atom stereocenters. The summed E-state index contributed by atoms with van der Waals surface area (Å²) < 4.78 is 1.25. The molecule has 0 aliphatic rings. The van der Waals surface area contributed by atoms with Gasteiger partial charge in [0.05, 0.1) is 6.33 Å². The Morgan fingerprint density at radius 2 is 2.00 bits per heavy atom. The fourth-order valence-electron chi connectivity index (χ4n) is 1.37. The van der Waals surface area contributed by atoms with Crippen molar-refractivity contribution in [2.75, 3.05) is 5.32 Å². The molecule has 0 aliphatic carbocycles. The van der Waals surface area contributed by atoms with Crippen molar-refractivity contribution in [2.24, 2.45) is 0 Å². The average Bonchev–Trinajstić information content (AvgIpc) is 2.33. The highest BCUT2D eigenvalue weighted by molar-refractivity contribution is 5.90. The van der Waals surface area contributed by atoms with Crippen LogP contribution in [-0.2, 0) is 11.3 Å². The quantitative estimate of drug-likeness (QED) is 0.849. The number of rotatable bonds is 3. The minimum absolute atomic E-state index is 0.0401. The lowest BCUT2D eigenvalue weighted by Crippen LogP contribution is -2.26. The Kier molecular flexibility index (Phi) is 3.30. The van der Waals surface area contributed by atoms with Gasteiger partial charge in [-0.2, -0.15) is 0 Å². The lowest BCUT2D eigenvalue weighted by Gasteiger charge is -2.06. The van der Waals surface area contributed by atoms with Gasteiger partial charge in [-0.25, -0.2) is 4.98 Å². The summed E-state index contributed by atoms with van der Waals surface area (Å²) in [5.74, 6) is -0.258. The molecule has 0 fully saturated rings. The summed E-state index contributed by atoms with van der Waals surface area (Å²) >= 11 is 0. The van der Waals surface area contributed by atoms with E-state index in [1.807, 2.05) is 18.2 Å². The summed E-state index contributed by atoms with van der Waals surface area (Å²) in [6, 6.07) is 10.4. The standard InChI is InChI=1S/C12H11N3O2/c16-11(14-10-4-2-1-3-5-10)8-15-9-13-7-6-12(15)17/h1-7,9H,8H2,(H,14,16). The maximum atomic E-state index is 11.6. The zero-order valence-electron chi connectivity index (χ0n) is 9.04. The molecule has 1 aromatic carbocycles. The second-order valence-electron chi connectivity index (χ2n) is 3.46. The average molecular weight is 229 g/mol. The van der Waals surface area contributed by atoms with E-state index in [4.69, 9.17) is 0 Å². The Morgan fingerprint density at radius 3 is 2.71 bits per heavy atom. The minimum Gasteiger partial charge on any atom is -0.325 e. The molecule has 0 atom stereocenters.